The normalized spacial score (nSPS) is 11.6. The number of ether oxygens (including phenoxy) is 2. The standard InChI is InChI=1S/C16H20N2O4/c1-10-5-8-14(22-10)11(2)17-16(19)18-13-7-6-12(20-3)9-15(13)21-4/h5-9,11H,1-4H3,(H2,17,18,19). The molecule has 1 aromatic heterocycles. The number of rotatable bonds is 5. The number of benzene rings is 1. The third kappa shape index (κ3) is 3.72. The Hall–Kier alpha value is -2.63. The van der Waals surface area contributed by atoms with Crippen LogP contribution in [0.3, 0.4) is 0 Å². The van der Waals surface area contributed by atoms with Gasteiger partial charge in [-0.2, -0.15) is 0 Å². The van der Waals surface area contributed by atoms with Crippen molar-refractivity contribution in [2.24, 2.45) is 0 Å². The van der Waals surface area contributed by atoms with Gasteiger partial charge >= 0.3 is 6.03 Å². The topological polar surface area (TPSA) is 72.7 Å². The first-order chi connectivity index (χ1) is 10.5. The smallest absolute Gasteiger partial charge is 0.319 e. The highest BCUT2D eigenvalue weighted by Crippen LogP contribution is 2.29. The molecule has 0 spiro atoms. The molecule has 6 heteroatoms. The van der Waals surface area contributed by atoms with E-state index in [9.17, 15) is 4.79 Å². The van der Waals surface area contributed by atoms with Crippen molar-refractivity contribution in [3.63, 3.8) is 0 Å². The molecule has 6 nitrogen and oxygen atoms in total. The maximum Gasteiger partial charge on any atom is 0.319 e. The third-order valence-corrected chi connectivity index (χ3v) is 3.19. The van der Waals surface area contributed by atoms with Crippen molar-refractivity contribution >= 4 is 11.7 Å². The zero-order chi connectivity index (χ0) is 16.1. The average molecular weight is 304 g/mol. The fraction of sp³-hybridized carbons (Fsp3) is 0.312. The molecule has 0 aliphatic rings. The Morgan fingerprint density at radius 3 is 2.55 bits per heavy atom. The lowest BCUT2D eigenvalue weighted by Gasteiger charge is -2.15. The molecule has 1 aromatic carbocycles. The van der Waals surface area contributed by atoms with E-state index in [0.717, 1.165) is 5.76 Å². The first-order valence-electron chi connectivity index (χ1n) is 6.89. The van der Waals surface area contributed by atoms with E-state index in [1.54, 1.807) is 25.3 Å². The van der Waals surface area contributed by atoms with Crippen molar-refractivity contribution in [2.75, 3.05) is 19.5 Å². The van der Waals surface area contributed by atoms with Gasteiger partial charge in [-0.1, -0.05) is 0 Å². The summed E-state index contributed by atoms with van der Waals surface area (Å²) in [7, 11) is 3.10. The second-order valence-corrected chi connectivity index (χ2v) is 4.83. The number of aryl methyl sites for hydroxylation is 1. The van der Waals surface area contributed by atoms with Crippen molar-refractivity contribution in [3.8, 4) is 11.5 Å². The van der Waals surface area contributed by atoms with Gasteiger partial charge in [-0.25, -0.2) is 4.79 Å². The number of carbonyl (C=O) groups excluding carboxylic acids is 1. The molecule has 118 valence electrons. The minimum atomic E-state index is -0.343. The van der Waals surface area contributed by atoms with Crippen LogP contribution in [0.1, 0.15) is 24.5 Å². The van der Waals surface area contributed by atoms with E-state index < -0.39 is 0 Å². The number of carbonyl (C=O) groups is 1. The van der Waals surface area contributed by atoms with E-state index in [4.69, 9.17) is 13.9 Å². The van der Waals surface area contributed by atoms with Crippen LogP contribution in [0.2, 0.25) is 0 Å². The molecule has 1 heterocycles. The van der Waals surface area contributed by atoms with Crippen LogP contribution in [0.5, 0.6) is 11.5 Å². The molecule has 0 aliphatic heterocycles. The van der Waals surface area contributed by atoms with Gasteiger partial charge in [0, 0.05) is 6.07 Å². The van der Waals surface area contributed by atoms with Crippen LogP contribution in [-0.4, -0.2) is 20.3 Å². The number of nitrogens with one attached hydrogen (secondary N) is 2. The molecule has 2 rings (SSSR count). The maximum atomic E-state index is 12.1. The number of methoxy groups -OCH3 is 2. The molecule has 0 fully saturated rings. The zero-order valence-electron chi connectivity index (χ0n) is 13.1. The van der Waals surface area contributed by atoms with E-state index in [1.165, 1.54) is 7.11 Å². The minimum Gasteiger partial charge on any atom is -0.497 e. The Labute approximate surface area is 129 Å². The highest BCUT2D eigenvalue weighted by Gasteiger charge is 2.14. The Balaban J connectivity index is 2.02. The molecule has 0 radical (unpaired) electrons. The first-order valence-corrected chi connectivity index (χ1v) is 6.89. The van der Waals surface area contributed by atoms with Gasteiger partial charge in [0.05, 0.1) is 25.9 Å². The van der Waals surface area contributed by atoms with Crippen LogP contribution < -0.4 is 20.1 Å². The van der Waals surface area contributed by atoms with Gasteiger partial charge in [0.15, 0.2) is 0 Å². The van der Waals surface area contributed by atoms with E-state index >= 15 is 0 Å². The Bertz CT molecular complexity index is 651. The molecular formula is C16H20N2O4. The van der Waals surface area contributed by atoms with Gasteiger partial charge < -0.3 is 24.5 Å². The average Bonchev–Trinajstić information content (AvgIpc) is 2.94. The van der Waals surface area contributed by atoms with Crippen molar-refractivity contribution in [1.82, 2.24) is 5.32 Å². The van der Waals surface area contributed by atoms with Crippen LogP contribution in [0.25, 0.3) is 0 Å². The van der Waals surface area contributed by atoms with Gasteiger partial charge in [0.25, 0.3) is 0 Å². The molecule has 0 aliphatic carbocycles. The Morgan fingerprint density at radius 1 is 1.18 bits per heavy atom. The Kier molecular flexibility index (Phi) is 4.93. The molecule has 22 heavy (non-hydrogen) atoms. The summed E-state index contributed by atoms with van der Waals surface area (Å²) in [5.41, 5.74) is 0.559. The lowest BCUT2D eigenvalue weighted by Crippen LogP contribution is -2.31. The first kappa shape index (κ1) is 15.8. The lowest BCUT2D eigenvalue weighted by molar-refractivity contribution is 0.247. The highest BCUT2D eigenvalue weighted by atomic mass is 16.5. The fourth-order valence-corrected chi connectivity index (χ4v) is 2.01. The predicted molar refractivity (Wildman–Crippen MR) is 83.6 cm³/mol. The monoisotopic (exact) mass is 304 g/mol. The molecular weight excluding hydrogens is 284 g/mol. The van der Waals surface area contributed by atoms with Crippen LogP contribution in [0.15, 0.2) is 34.7 Å². The second-order valence-electron chi connectivity index (χ2n) is 4.83. The quantitative estimate of drug-likeness (QED) is 0.887. The SMILES string of the molecule is COc1ccc(NC(=O)NC(C)c2ccc(C)o2)c(OC)c1. The largest absolute Gasteiger partial charge is 0.497 e. The molecule has 0 saturated heterocycles. The molecule has 2 amide bonds. The van der Waals surface area contributed by atoms with Crippen molar-refractivity contribution in [3.05, 3.63) is 41.9 Å². The minimum absolute atomic E-state index is 0.238. The van der Waals surface area contributed by atoms with Gasteiger partial charge in [0.1, 0.15) is 23.0 Å². The molecule has 2 N–H and O–H groups in total. The predicted octanol–water partition coefficient (Wildman–Crippen LogP) is 3.49. The third-order valence-electron chi connectivity index (χ3n) is 3.19. The summed E-state index contributed by atoms with van der Waals surface area (Å²) in [5, 5.41) is 5.56. The molecule has 2 aromatic rings. The van der Waals surface area contributed by atoms with Crippen molar-refractivity contribution < 1.29 is 18.7 Å². The summed E-state index contributed by atoms with van der Waals surface area (Å²) < 4.78 is 15.8. The second kappa shape index (κ2) is 6.89. The molecule has 1 unspecified atom stereocenters. The van der Waals surface area contributed by atoms with Crippen LogP contribution in [-0.2, 0) is 0 Å². The summed E-state index contributed by atoms with van der Waals surface area (Å²) in [6, 6.07) is 8.29. The number of hydrogen-bond acceptors (Lipinski definition) is 4. The summed E-state index contributed by atoms with van der Waals surface area (Å²) in [6.45, 7) is 3.71. The fourth-order valence-electron chi connectivity index (χ4n) is 2.01. The summed E-state index contributed by atoms with van der Waals surface area (Å²) in [4.78, 5) is 12.1. The number of furan rings is 1. The van der Waals surface area contributed by atoms with E-state index in [2.05, 4.69) is 10.6 Å². The number of hydrogen-bond donors (Lipinski definition) is 2. The Morgan fingerprint density at radius 2 is 1.95 bits per heavy atom. The lowest BCUT2D eigenvalue weighted by atomic mass is 10.2. The van der Waals surface area contributed by atoms with Gasteiger partial charge in [0.2, 0.25) is 0 Å². The van der Waals surface area contributed by atoms with Crippen LogP contribution >= 0.6 is 0 Å². The molecule has 0 bridgehead atoms. The number of amides is 2. The number of anilines is 1. The summed E-state index contributed by atoms with van der Waals surface area (Å²) in [6.07, 6.45) is 0. The van der Waals surface area contributed by atoms with Gasteiger partial charge in [-0.05, 0) is 38.1 Å². The maximum absolute atomic E-state index is 12.1. The van der Waals surface area contributed by atoms with E-state index in [-0.39, 0.29) is 12.1 Å². The van der Waals surface area contributed by atoms with E-state index in [0.29, 0.717) is 22.9 Å². The van der Waals surface area contributed by atoms with Crippen LogP contribution in [0, 0.1) is 6.92 Å². The van der Waals surface area contributed by atoms with Crippen molar-refractivity contribution in [2.45, 2.75) is 19.9 Å². The van der Waals surface area contributed by atoms with Gasteiger partial charge in [-0.3, -0.25) is 0 Å². The number of urea groups is 1. The zero-order valence-corrected chi connectivity index (χ0v) is 13.1. The van der Waals surface area contributed by atoms with E-state index in [1.807, 2.05) is 26.0 Å². The van der Waals surface area contributed by atoms with Gasteiger partial charge in [-0.15, -0.1) is 0 Å². The molecule has 0 saturated carbocycles. The van der Waals surface area contributed by atoms with Crippen LogP contribution in [0.4, 0.5) is 10.5 Å². The highest BCUT2D eigenvalue weighted by molar-refractivity contribution is 5.91. The molecule has 1 atom stereocenters. The summed E-state index contributed by atoms with van der Waals surface area (Å²) in [5.74, 6) is 2.69. The summed E-state index contributed by atoms with van der Waals surface area (Å²) >= 11 is 0. The van der Waals surface area contributed by atoms with Crippen molar-refractivity contribution in [1.29, 1.82) is 0 Å².